The van der Waals surface area contributed by atoms with Crippen molar-refractivity contribution in [2.24, 2.45) is 0 Å². The Labute approximate surface area is 98.5 Å². The maximum atomic E-state index is 9.60. The lowest BCUT2D eigenvalue weighted by Crippen LogP contribution is -1.95. The lowest BCUT2D eigenvalue weighted by atomic mass is 10.2. The summed E-state index contributed by atoms with van der Waals surface area (Å²) < 4.78 is 1.62. The zero-order valence-corrected chi connectivity index (χ0v) is 9.59. The molecule has 4 nitrogen and oxygen atoms in total. The SMILES string of the molecule is CCC(O)c1cn(-c2ccc(Cl)cc2)nn1. The maximum Gasteiger partial charge on any atom is 0.112 e. The molecule has 5 heteroatoms. The van der Waals surface area contributed by atoms with E-state index >= 15 is 0 Å². The van der Waals surface area contributed by atoms with E-state index in [2.05, 4.69) is 10.3 Å². The van der Waals surface area contributed by atoms with Crippen LogP contribution in [0.3, 0.4) is 0 Å². The largest absolute Gasteiger partial charge is 0.387 e. The first kappa shape index (κ1) is 11.1. The number of hydrogen-bond acceptors (Lipinski definition) is 3. The van der Waals surface area contributed by atoms with E-state index in [0.717, 1.165) is 5.69 Å². The van der Waals surface area contributed by atoms with Crippen molar-refractivity contribution in [2.75, 3.05) is 0 Å². The van der Waals surface area contributed by atoms with Crippen molar-refractivity contribution in [3.63, 3.8) is 0 Å². The molecule has 0 saturated heterocycles. The summed E-state index contributed by atoms with van der Waals surface area (Å²) in [6.45, 7) is 1.89. The Kier molecular flexibility index (Phi) is 3.22. The first-order chi connectivity index (χ1) is 7.70. The molecular formula is C11H12ClN3O. The molecule has 0 aliphatic carbocycles. The van der Waals surface area contributed by atoms with Gasteiger partial charge in [0.1, 0.15) is 5.69 Å². The molecule has 1 aromatic carbocycles. The van der Waals surface area contributed by atoms with E-state index in [1.54, 1.807) is 23.0 Å². The summed E-state index contributed by atoms with van der Waals surface area (Å²) in [6, 6.07) is 7.27. The third-order valence-electron chi connectivity index (χ3n) is 2.33. The second-order valence-corrected chi connectivity index (χ2v) is 3.92. The summed E-state index contributed by atoms with van der Waals surface area (Å²) in [5.41, 5.74) is 1.45. The summed E-state index contributed by atoms with van der Waals surface area (Å²) in [7, 11) is 0. The second kappa shape index (κ2) is 4.63. The molecule has 1 heterocycles. The molecule has 0 radical (unpaired) electrons. The van der Waals surface area contributed by atoms with Crippen LogP contribution in [0.4, 0.5) is 0 Å². The summed E-state index contributed by atoms with van der Waals surface area (Å²) >= 11 is 5.79. The summed E-state index contributed by atoms with van der Waals surface area (Å²) in [5, 5.41) is 18.1. The number of halogens is 1. The molecule has 1 unspecified atom stereocenters. The van der Waals surface area contributed by atoms with Gasteiger partial charge in [-0.1, -0.05) is 23.7 Å². The van der Waals surface area contributed by atoms with Crippen molar-refractivity contribution in [3.05, 3.63) is 41.2 Å². The highest BCUT2D eigenvalue weighted by molar-refractivity contribution is 6.30. The van der Waals surface area contributed by atoms with Crippen molar-refractivity contribution in [1.82, 2.24) is 15.0 Å². The Morgan fingerprint density at radius 1 is 1.38 bits per heavy atom. The summed E-state index contributed by atoms with van der Waals surface area (Å²) in [4.78, 5) is 0. The third kappa shape index (κ3) is 2.23. The van der Waals surface area contributed by atoms with E-state index in [-0.39, 0.29) is 0 Å². The Morgan fingerprint density at radius 3 is 2.69 bits per heavy atom. The molecule has 1 aromatic heterocycles. The van der Waals surface area contributed by atoms with Gasteiger partial charge in [-0.2, -0.15) is 0 Å². The number of hydrogen-bond donors (Lipinski definition) is 1. The van der Waals surface area contributed by atoms with Crippen molar-refractivity contribution < 1.29 is 5.11 Å². The fraction of sp³-hybridized carbons (Fsp3) is 0.273. The van der Waals surface area contributed by atoms with Crippen LogP contribution in [0.1, 0.15) is 25.1 Å². The quantitative estimate of drug-likeness (QED) is 0.892. The Balaban J connectivity index is 2.28. The average molecular weight is 238 g/mol. The standard InChI is InChI=1S/C11H12ClN3O/c1-2-11(16)10-7-15(14-13-10)9-5-3-8(12)4-6-9/h3-7,11,16H,2H2,1H3. The molecule has 0 bridgehead atoms. The van der Waals surface area contributed by atoms with E-state index < -0.39 is 6.10 Å². The van der Waals surface area contributed by atoms with E-state index in [1.165, 1.54) is 0 Å². The Hall–Kier alpha value is -1.39. The van der Waals surface area contributed by atoms with Crippen LogP contribution in [-0.2, 0) is 0 Å². The number of benzene rings is 1. The van der Waals surface area contributed by atoms with Gasteiger partial charge < -0.3 is 5.11 Å². The van der Waals surface area contributed by atoms with Crippen molar-refractivity contribution in [3.8, 4) is 5.69 Å². The monoisotopic (exact) mass is 237 g/mol. The Bertz CT molecular complexity index is 466. The lowest BCUT2D eigenvalue weighted by molar-refractivity contribution is 0.169. The van der Waals surface area contributed by atoms with Gasteiger partial charge in [0.25, 0.3) is 0 Å². The molecule has 84 valence electrons. The zero-order valence-electron chi connectivity index (χ0n) is 8.84. The van der Waals surface area contributed by atoms with Gasteiger partial charge in [-0.25, -0.2) is 4.68 Å². The van der Waals surface area contributed by atoms with Gasteiger partial charge in [-0.05, 0) is 30.7 Å². The fourth-order valence-electron chi connectivity index (χ4n) is 1.36. The number of aliphatic hydroxyl groups excluding tert-OH is 1. The molecule has 2 aromatic rings. The van der Waals surface area contributed by atoms with Crippen LogP contribution < -0.4 is 0 Å². The topological polar surface area (TPSA) is 50.9 Å². The molecule has 0 amide bonds. The van der Waals surface area contributed by atoms with E-state index in [1.807, 2.05) is 19.1 Å². The molecule has 0 saturated carbocycles. The summed E-state index contributed by atoms with van der Waals surface area (Å²) in [5.74, 6) is 0. The molecule has 0 aliphatic heterocycles. The Morgan fingerprint density at radius 2 is 2.06 bits per heavy atom. The maximum absolute atomic E-state index is 9.60. The highest BCUT2D eigenvalue weighted by Gasteiger charge is 2.10. The molecule has 0 aliphatic rings. The van der Waals surface area contributed by atoms with Crippen LogP contribution in [0.15, 0.2) is 30.5 Å². The van der Waals surface area contributed by atoms with Crippen molar-refractivity contribution in [1.29, 1.82) is 0 Å². The molecule has 2 rings (SSSR count). The lowest BCUT2D eigenvalue weighted by Gasteiger charge is -2.01. The molecule has 0 fully saturated rings. The van der Waals surface area contributed by atoms with Gasteiger partial charge in [0.15, 0.2) is 0 Å². The molecule has 1 N–H and O–H groups in total. The first-order valence-corrected chi connectivity index (χ1v) is 5.44. The zero-order chi connectivity index (χ0) is 11.5. The summed E-state index contributed by atoms with van der Waals surface area (Å²) in [6.07, 6.45) is 1.79. The van der Waals surface area contributed by atoms with Gasteiger partial charge in [0.05, 0.1) is 18.0 Å². The van der Waals surface area contributed by atoms with E-state index in [0.29, 0.717) is 17.1 Å². The van der Waals surface area contributed by atoms with Crippen molar-refractivity contribution >= 4 is 11.6 Å². The molecule has 16 heavy (non-hydrogen) atoms. The smallest absolute Gasteiger partial charge is 0.112 e. The second-order valence-electron chi connectivity index (χ2n) is 3.49. The molecule has 0 spiro atoms. The third-order valence-corrected chi connectivity index (χ3v) is 2.58. The fourth-order valence-corrected chi connectivity index (χ4v) is 1.48. The van der Waals surface area contributed by atoms with Gasteiger partial charge in [-0.15, -0.1) is 5.10 Å². The number of aromatic nitrogens is 3. The van der Waals surface area contributed by atoms with Crippen LogP contribution in [0, 0.1) is 0 Å². The minimum absolute atomic E-state index is 0.555. The van der Waals surface area contributed by atoms with E-state index in [4.69, 9.17) is 11.6 Å². The van der Waals surface area contributed by atoms with E-state index in [9.17, 15) is 5.11 Å². The van der Waals surface area contributed by atoms with Gasteiger partial charge >= 0.3 is 0 Å². The molecular weight excluding hydrogens is 226 g/mol. The minimum Gasteiger partial charge on any atom is -0.387 e. The van der Waals surface area contributed by atoms with Crippen LogP contribution in [-0.4, -0.2) is 20.1 Å². The highest BCUT2D eigenvalue weighted by atomic mass is 35.5. The van der Waals surface area contributed by atoms with Crippen molar-refractivity contribution in [2.45, 2.75) is 19.4 Å². The number of rotatable bonds is 3. The predicted octanol–water partition coefficient (Wildman–Crippen LogP) is 2.36. The number of nitrogens with zero attached hydrogens (tertiary/aromatic N) is 3. The van der Waals surface area contributed by atoms with Gasteiger partial charge in [0, 0.05) is 5.02 Å². The van der Waals surface area contributed by atoms with Gasteiger partial charge in [0.2, 0.25) is 0 Å². The van der Waals surface area contributed by atoms with Crippen LogP contribution >= 0.6 is 11.6 Å². The van der Waals surface area contributed by atoms with Crippen LogP contribution in [0.5, 0.6) is 0 Å². The number of aliphatic hydroxyl groups is 1. The van der Waals surface area contributed by atoms with Crippen LogP contribution in [0.25, 0.3) is 5.69 Å². The average Bonchev–Trinajstić information content (AvgIpc) is 2.78. The first-order valence-electron chi connectivity index (χ1n) is 5.07. The van der Waals surface area contributed by atoms with Crippen LogP contribution in [0.2, 0.25) is 5.02 Å². The normalized spacial score (nSPS) is 12.7. The minimum atomic E-state index is -0.555. The predicted molar refractivity (Wildman–Crippen MR) is 61.6 cm³/mol. The molecule has 1 atom stereocenters. The van der Waals surface area contributed by atoms with Gasteiger partial charge in [-0.3, -0.25) is 0 Å². The highest BCUT2D eigenvalue weighted by Crippen LogP contribution is 2.16.